The normalized spacial score (nSPS) is 18.7. The molecule has 0 bridgehead atoms. The Bertz CT molecular complexity index is 1270. The van der Waals surface area contributed by atoms with Gasteiger partial charge in [0.15, 0.2) is 22.9 Å². The van der Waals surface area contributed by atoms with Gasteiger partial charge in [-0.3, -0.25) is 9.28 Å². The third-order valence-electron chi connectivity index (χ3n) is 7.08. The van der Waals surface area contributed by atoms with E-state index in [4.69, 9.17) is 23.5 Å². The lowest BCUT2D eigenvalue weighted by molar-refractivity contribution is -0.948. The van der Waals surface area contributed by atoms with Gasteiger partial charge in [0.25, 0.3) is 0 Å². The summed E-state index contributed by atoms with van der Waals surface area (Å²) >= 11 is 0. The second-order valence-corrected chi connectivity index (χ2v) is 9.58. The summed E-state index contributed by atoms with van der Waals surface area (Å²) in [7, 11) is 1.54. The summed E-state index contributed by atoms with van der Waals surface area (Å²) in [6, 6.07) is 9.61. The van der Waals surface area contributed by atoms with E-state index in [-0.39, 0.29) is 38.3 Å². The number of rotatable bonds is 11. The van der Waals surface area contributed by atoms with Crippen LogP contribution in [0.2, 0.25) is 0 Å². The van der Waals surface area contributed by atoms with Gasteiger partial charge in [-0.05, 0) is 44.2 Å². The first-order valence-electron chi connectivity index (χ1n) is 12.9. The van der Waals surface area contributed by atoms with Crippen LogP contribution in [0.25, 0.3) is 11.0 Å². The molecule has 39 heavy (non-hydrogen) atoms. The molecule has 2 heterocycles. The molecule has 2 aromatic carbocycles. The zero-order valence-electron chi connectivity index (χ0n) is 23.0. The molecule has 0 N–H and O–H groups in total. The average molecular weight is 545 g/mol. The summed E-state index contributed by atoms with van der Waals surface area (Å²) in [4.78, 5) is 23.6. The van der Waals surface area contributed by atoms with Crippen LogP contribution in [0.3, 0.4) is 0 Å². The minimum absolute atomic E-state index is 0. The number of benzene rings is 2. The first-order chi connectivity index (χ1) is 18.3. The van der Waals surface area contributed by atoms with Crippen LogP contribution in [0, 0.1) is 13.2 Å². The smallest absolute Gasteiger partial charge is 0.493 e. The molecule has 0 atom stereocenters. The Hall–Kier alpha value is -3.66. The Kier molecular flexibility index (Phi) is 10.3. The van der Waals surface area contributed by atoms with Gasteiger partial charge in [0.2, 0.25) is 6.73 Å². The van der Waals surface area contributed by atoms with Crippen molar-refractivity contribution in [1.82, 2.24) is 5.16 Å². The van der Waals surface area contributed by atoms with Crippen molar-refractivity contribution in [3.63, 3.8) is 0 Å². The van der Waals surface area contributed by atoms with E-state index in [9.17, 15) is 14.0 Å². The number of fused-ring (bicyclic) bond motifs is 1. The van der Waals surface area contributed by atoms with E-state index in [0.29, 0.717) is 40.2 Å². The summed E-state index contributed by atoms with van der Waals surface area (Å²) in [6.45, 7) is 6.37. The van der Waals surface area contributed by atoms with Gasteiger partial charge in [0.1, 0.15) is 5.82 Å². The van der Waals surface area contributed by atoms with Gasteiger partial charge in [-0.25, -0.2) is 9.18 Å². The third kappa shape index (κ3) is 7.26. The van der Waals surface area contributed by atoms with Crippen molar-refractivity contribution >= 4 is 22.9 Å². The van der Waals surface area contributed by atoms with E-state index in [1.165, 1.54) is 26.2 Å². The number of hydrogen-bond donors (Lipinski definition) is 0. The number of likely N-dealkylation sites (tertiary alicyclic amines) is 1. The summed E-state index contributed by atoms with van der Waals surface area (Å²) in [6.07, 6.45) is 1.66. The molecule has 0 aliphatic carbocycles. The molecule has 1 aliphatic rings. The average Bonchev–Trinajstić information content (AvgIpc) is 3.33. The lowest BCUT2D eigenvalue weighted by Crippen LogP contribution is -2.55. The van der Waals surface area contributed by atoms with Gasteiger partial charge in [0, 0.05) is 42.2 Å². The number of quaternary nitrogens is 1. The molecule has 1 saturated heterocycles. The Labute approximate surface area is 228 Å². The quantitative estimate of drug-likeness (QED) is 0.0965. The number of methoxy groups -OCH3 is 1. The molecule has 0 saturated carbocycles. The van der Waals surface area contributed by atoms with Crippen molar-refractivity contribution in [2.45, 2.75) is 39.0 Å². The zero-order chi connectivity index (χ0) is 27.1. The first-order valence-corrected chi connectivity index (χ1v) is 12.9. The van der Waals surface area contributed by atoms with Crippen molar-refractivity contribution < 1.29 is 41.9 Å². The maximum Gasteiger partial charge on any atom is 0.512 e. The van der Waals surface area contributed by atoms with Crippen molar-refractivity contribution in [1.29, 1.82) is 0 Å². The molecule has 0 amide bonds. The second-order valence-electron chi connectivity index (χ2n) is 9.58. The predicted molar refractivity (Wildman–Crippen MR) is 143 cm³/mol. The van der Waals surface area contributed by atoms with Crippen molar-refractivity contribution in [2.75, 3.05) is 46.7 Å². The van der Waals surface area contributed by atoms with E-state index >= 15 is 0 Å². The number of aromatic nitrogens is 1. The van der Waals surface area contributed by atoms with Gasteiger partial charge in [-0.15, -0.1) is 0 Å². The second kappa shape index (κ2) is 13.4. The molecule has 0 radical (unpaired) electrons. The Balaban J connectivity index is 0.00000420. The molecule has 212 valence electrons. The summed E-state index contributed by atoms with van der Waals surface area (Å²) in [5.41, 5.74) is 1.84. The molecule has 9 nitrogen and oxygen atoms in total. The third-order valence-corrected chi connectivity index (χ3v) is 7.08. The molecule has 1 aliphatic heterocycles. The molecule has 10 heteroatoms. The topological polar surface area (TPSA) is 97.1 Å². The zero-order valence-corrected chi connectivity index (χ0v) is 23.0. The number of ketones is 1. The molecule has 0 unspecified atom stereocenters. The number of halogens is 1. The Morgan fingerprint density at radius 1 is 1.10 bits per heavy atom. The summed E-state index contributed by atoms with van der Waals surface area (Å²) < 4.78 is 41.3. The van der Waals surface area contributed by atoms with E-state index in [1.54, 1.807) is 31.2 Å². The molecule has 0 spiro atoms. The maximum absolute atomic E-state index is 13.6. The van der Waals surface area contributed by atoms with E-state index in [1.807, 2.05) is 0 Å². The van der Waals surface area contributed by atoms with Crippen LogP contribution in [0.5, 0.6) is 11.5 Å². The fourth-order valence-corrected chi connectivity index (χ4v) is 4.97. The van der Waals surface area contributed by atoms with E-state index in [0.717, 1.165) is 43.6 Å². The highest BCUT2D eigenvalue weighted by molar-refractivity contribution is 5.94. The van der Waals surface area contributed by atoms with Crippen molar-refractivity contribution in [3.8, 4) is 11.5 Å². The Morgan fingerprint density at radius 2 is 1.87 bits per heavy atom. The van der Waals surface area contributed by atoms with Crippen LogP contribution in [0.4, 0.5) is 9.18 Å². The van der Waals surface area contributed by atoms with Gasteiger partial charge in [0.05, 0.1) is 45.7 Å². The van der Waals surface area contributed by atoms with Crippen molar-refractivity contribution in [2.24, 2.45) is 0 Å². The monoisotopic (exact) mass is 544 g/mol. The fourth-order valence-electron chi connectivity index (χ4n) is 4.97. The summed E-state index contributed by atoms with van der Waals surface area (Å²) in [5, 5.41) is 5.07. The molecule has 4 rings (SSSR count). The highest BCUT2D eigenvalue weighted by atomic mass is 19.1. The highest BCUT2D eigenvalue weighted by Gasteiger charge is 2.37. The van der Waals surface area contributed by atoms with E-state index < -0.39 is 6.16 Å². The number of carbonyl (C=O) groups is 2. The maximum atomic E-state index is 13.6. The Morgan fingerprint density at radius 3 is 2.56 bits per heavy atom. The fraction of sp³-hybridized carbons (Fsp3) is 0.448. The molecular formula is C29H37FN2O7. The lowest BCUT2D eigenvalue weighted by atomic mass is 9.90. The van der Waals surface area contributed by atoms with Crippen LogP contribution in [-0.4, -0.2) is 68.3 Å². The minimum atomic E-state index is -0.678. The first kappa shape index (κ1) is 29.9. The highest BCUT2D eigenvalue weighted by Crippen LogP contribution is 2.35. The molecular weight excluding hydrogens is 507 g/mol. The van der Waals surface area contributed by atoms with Crippen molar-refractivity contribution in [3.05, 3.63) is 60.9 Å². The van der Waals surface area contributed by atoms with Gasteiger partial charge in [-0.1, -0.05) is 5.16 Å². The van der Waals surface area contributed by atoms with Gasteiger partial charge >= 0.3 is 6.16 Å². The lowest BCUT2D eigenvalue weighted by Gasteiger charge is -2.42. The molecule has 1 aromatic heterocycles. The number of ether oxygens (including phenoxy) is 4. The van der Waals surface area contributed by atoms with Crippen LogP contribution < -0.4 is 9.47 Å². The number of piperidine rings is 1. The molecule has 3 aromatic rings. The number of nitrogens with zero attached hydrogens (tertiary/aromatic N) is 2. The summed E-state index contributed by atoms with van der Waals surface area (Å²) in [5.74, 6) is 0.839. The predicted octanol–water partition coefficient (Wildman–Crippen LogP) is 5.92. The minimum Gasteiger partial charge on any atom is -0.493 e. The number of Topliss-reactive ketones (excluding diaryl/α,β-unsaturated/α-hetero) is 1. The standard InChI is InChI=1S/C28H34FN2O7.CH3/c1-4-35-28(33)37-18-31(12-5-15-36-24-9-6-21(19(2)32)16-26(24)34-3)13-10-20(11-14-31)27-23-8-7-22(29)17-25(23)38-30-27;/h6-9,16-17,20H,4-5,10-15,18H2,1-3H3;1H3/q+1;-1. The molecule has 1 fully saturated rings. The van der Waals surface area contributed by atoms with Gasteiger partial charge in [-0.2, -0.15) is 0 Å². The van der Waals surface area contributed by atoms with Gasteiger partial charge < -0.3 is 30.9 Å². The number of carbonyl (C=O) groups excluding carboxylic acids is 2. The van der Waals surface area contributed by atoms with Crippen LogP contribution >= 0.6 is 0 Å². The largest absolute Gasteiger partial charge is 0.512 e. The van der Waals surface area contributed by atoms with Crippen LogP contribution in [-0.2, 0) is 9.47 Å². The van der Waals surface area contributed by atoms with Crippen LogP contribution in [0.15, 0.2) is 40.9 Å². The SMILES string of the molecule is CCOC(=O)OC[N+]1(CCCOc2ccc(C(C)=O)cc2OC)CCC(c2noc3cc(F)ccc23)CC1.[CH3-]. The van der Waals surface area contributed by atoms with E-state index in [2.05, 4.69) is 5.16 Å². The number of hydrogen-bond acceptors (Lipinski definition) is 8. The van der Waals surface area contributed by atoms with Crippen LogP contribution in [0.1, 0.15) is 55.1 Å².